The average Bonchev–Trinajstić information content (AvgIpc) is 3.22. The minimum atomic E-state index is -3.52. The van der Waals surface area contributed by atoms with E-state index in [1.807, 2.05) is 30.3 Å². The monoisotopic (exact) mass is 355 g/mol. The molecule has 2 aliphatic rings. The van der Waals surface area contributed by atoms with Gasteiger partial charge in [-0.3, -0.25) is 4.31 Å². The standard InChI is InChI=1S/C21H25NO2S/c1-16(2)17-9-11-18(12-10-17)25(23,24)22-15-21(13-5-6-14-21)19-7-3-4-8-20(19)22/h3-4,7-12,16H,5-6,13-15H2,1-2H3. The van der Waals surface area contributed by atoms with Crippen LogP contribution in [0.5, 0.6) is 0 Å². The van der Waals surface area contributed by atoms with Crippen LogP contribution in [0.4, 0.5) is 5.69 Å². The maximum absolute atomic E-state index is 13.3. The Morgan fingerprint density at radius 3 is 2.24 bits per heavy atom. The Morgan fingerprint density at radius 1 is 0.960 bits per heavy atom. The van der Waals surface area contributed by atoms with E-state index in [2.05, 4.69) is 19.9 Å². The topological polar surface area (TPSA) is 37.4 Å². The molecule has 1 heterocycles. The summed E-state index contributed by atoms with van der Waals surface area (Å²) < 4.78 is 28.3. The van der Waals surface area contributed by atoms with Gasteiger partial charge in [-0.05, 0) is 48.1 Å². The van der Waals surface area contributed by atoms with Gasteiger partial charge in [0.15, 0.2) is 0 Å². The Bertz CT molecular complexity index is 878. The summed E-state index contributed by atoms with van der Waals surface area (Å²) in [5, 5.41) is 0. The largest absolute Gasteiger partial charge is 0.265 e. The van der Waals surface area contributed by atoms with Crippen molar-refractivity contribution in [1.82, 2.24) is 0 Å². The van der Waals surface area contributed by atoms with Gasteiger partial charge in [-0.2, -0.15) is 0 Å². The predicted octanol–water partition coefficient (Wildman–Crippen LogP) is 4.83. The number of sulfonamides is 1. The van der Waals surface area contributed by atoms with Crippen LogP contribution < -0.4 is 4.31 Å². The molecule has 0 amide bonds. The van der Waals surface area contributed by atoms with Crippen LogP contribution in [0.1, 0.15) is 56.6 Å². The molecule has 1 spiro atoms. The number of anilines is 1. The van der Waals surface area contributed by atoms with E-state index in [4.69, 9.17) is 0 Å². The van der Waals surface area contributed by atoms with Crippen LogP contribution in [-0.4, -0.2) is 15.0 Å². The maximum atomic E-state index is 13.3. The lowest BCUT2D eigenvalue weighted by Gasteiger charge is -2.25. The van der Waals surface area contributed by atoms with Gasteiger partial charge < -0.3 is 0 Å². The van der Waals surface area contributed by atoms with Gasteiger partial charge in [0.25, 0.3) is 10.0 Å². The first-order chi connectivity index (χ1) is 11.9. The second-order valence-corrected chi connectivity index (χ2v) is 9.60. The molecule has 1 fully saturated rings. The number of hydrogen-bond acceptors (Lipinski definition) is 2. The molecule has 3 nitrogen and oxygen atoms in total. The van der Waals surface area contributed by atoms with Crippen molar-refractivity contribution in [2.24, 2.45) is 0 Å². The third-order valence-electron chi connectivity index (χ3n) is 5.89. The van der Waals surface area contributed by atoms with Crippen LogP contribution in [0.3, 0.4) is 0 Å². The molecule has 0 bridgehead atoms. The van der Waals surface area contributed by atoms with Gasteiger partial charge in [-0.15, -0.1) is 0 Å². The summed E-state index contributed by atoms with van der Waals surface area (Å²) in [5.41, 5.74) is 3.27. The molecule has 0 aromatic heterocycles. The Kier molecular flexibility index (Phi) is 3.91. The van der Waals surface area contributed by atoms with E-state index in [0.717, 1.165) is 24.1 Å². The molecule has 2 aromatic rings. The first-order valence-corrected chi connectivity index (χ1v) is 10.6. The van der Waals surface area contributed by atoms with E-state index in [-0.39, 0.29) is 5.41 Å². The van der Waals surface area contributed by atoms with Crippen molar-refractivity contribution in [2.45, 2.75) is 55.8 Å². The summed E-state index contributed by atoms with van der Waals surface area (Å²) in [6.07, 6.45) is 4.54. The van der Waals surface area contributed by atoms with Crippen molar-refractivity contribution in [1.29, 1.82) is 0 Å². The van der Waals surface area contributed by atoms with Crippen LogP contribution in [0, 0.1) is 0 Å². The maximum Gasteiger partial charge on any atom is 0.264 e. The fourth-order valence-corrected chi connectivity index (χ4v) is 6.00. The van der Waals surface area contributed by atoms with Crippen molar-refractivity contribution < 1.29 is 8.42 Å². The van der Waals surface area contributed by atoms with Crippen LogP contribution in [0.25, 0.3) is 0 Å². The van der Waals surface area contributed by atoms with Gasteiger partial charge >= 0.3 is 0 Å². The third kappa shape index (κ3) is 2.58. The highest BCUT2D eigenvalue weighted by Gasteiger charge is 2.47. The lowest BCUT2D eigenvalue weighted by atomic mass is 9.81. The Morgan fingerprint density at radius 2 is 1.60 bits per heavy atom. The van der Waals surface area contributed by atoms with Crippen molar-refractivity contribution in [3.05, 3.63) is 59.7 Å². The molecule has 4 rings (SSSR count). The highest BCUT2D eigenvalue weighted by molar-refractivity contribution is 7.92. The lowest BCUT2D eigenvalue weighted by molar-refractivity contribution is 0.477. The number of nitrogens with zero attached hydrogens (tertiary/aromatic N) is 1. The molecular formula is C21H25NO2S. The van der Waals surface area contributed by atoms with E-state index >= 15 is 0 Å². The molecule has 0 radical (unpaired) electrons. The second-order valence-electron chi connectivity index (χ2n) is 7.74. The number of fused-ring (bicyclic) bond motifs is 2. The van der Waals surface area contributed by atoms with Gasteiger partial charge in [-0.1, -0.05) is 57.0 Å². The van der Waals surface area contributed by atoms with Gasteiger partial charge in [0.05, 0.1) is 10.6 Å². The SMILES string of the molecule is CC(C)c1ccc(S(=O)(=O)N2CC3(CCCC3)c3ccccc32)cc1. The van der Waals surface area contributed by atoms with Crippen molar-refractivity contribution >= 4 is 15.7 Å². The van der Waals surface area contributed by atoms with E-state index in [0.29, 0.717) is 17.4 Å². The van der Waals surface area contributed by atoms with Gasteiger partial charge in [0, 0.05) is 12.0 Å². The first kappa shape index (κ1) is 16.6. The second kappa shape index (κ2) is 5.87. The molecule has 1 aliphatic carbocycles. The van der Waals surface area contributed by atoms with E-state index in [1.165, 1.54) is 18.4 Å². The van der Waals surface area contributed by atoms with Crippen LogP contribution in [-0.2, 0) is 15.4 Å². The summed E-state index contributed by atoms with van der Waals surface area (Å²) in [6.45, 7) is 4.81. The molecule has 1 aliphatic heterocycles. The number of hydrogen-bond donors (Lipinski definition) is 0. The summed E-state index contributed by atoms with van der Waals surface area (Å²) >= 11 is 0. The fraction of sp³-hybridized carbons (Fsp3) is 0.429. The summed E-state index contributed by atoms with van der Waals surface area (Å²) in [6, 6.07) is 15.4. The normalized spacial score (nSPS) is 18.9. The van der Waals surface area contributed by atoms with Crippen LogP contribution in [0.15, 0.2) is 53.4 Å². The van der Waals surface area contributed by atoms with E-state index in [1.54, 1.807) is 16.4 Å². The molecule has 0 unspecified atom stereocenters. The highest BCUT2D eigenvalue weighted by atomic mass is 32.2. The Labute approximate surface area is 150 Å². The number of para-hydroxylation sites is 1. The smallest absolute Gasteiger partial charge is 0.264 e. The van der Waals surface area contributed by atoms with Crippen molar-refractivity contribution in [3.63, 3.8) is 0 Å². The molecule has 0 atom stereocenters. The Balaban J connectivity index is 1.76. The van der Waals surface area contributed by atoms with E-state index < -0.39 is 10.0 Å². The van der Waals surface area contributed by atoms with Crippen molar-refractivity contribution in [3.8, 4) is 0 Å². The minimum absolute atomic E-state index is 0.0154. The van der Waals surface area contributed by atoms with Gasteiger partial charge in [0.1, 0.15) is 0 Å². The summed E-state index contributed by atoms with van der Waals surface area (Å²) in [5.74, 6) is 0.394. The molecule has 0 N–H and O–H groups in total. The molecule has 0 saturated heterocycles. The number of benzene rings is 2. The Hall–Kier alpha value is -1.81. The fourth-order valence-electron chi connectivity index (χ4n) is 4.43. The third-order valence-corrected chi connectivity index (χ3v) is 7.66. The van der Waals surface area contributed by atoms with Gasteiger partial charge in [-0.25, -0.2) is 8.42 Å². The zero-order valence-electron chi connectivity index (χ0n) is 14.9. The van der Waals surface area contributed by atoms with Crippen LogP contribution in [0.2, 0.25) is 0 Å². The lowest BCUT2D eigenvalue weighted by Crippen LogP contribution is -2.35. The van der Waals surface area contributed by atoms with Gasteiger partial charge in [0.2, 0.25) is 0 Å². The molecule has 1 saturated carbocycles. The highest BCUT2D eigenvalue weighted by Crippen LogP contribution is 2.51. The zero-order chi connectivity index (χ0) is 17.7. The molecule has 132 valence electrons. The van der Waals surface area contributed by atoms with Crippen LogP contribution >= 0.6 is 0 Å². The predicted molar refractivity (Wildman–Crippen MR) is 102 cm³/mol. The molecule has 25 heavy (non-hydrogen) atoms. The molecular weight excluding hydrogens is 330 g/mol. The summed E-state index contributed by atoms with van der Waals surface area (Å²) in [7, 11) is -3.52. The summed E-state index contributed by atoms with van der Waals surface area (Å²) in [4.78, 5) is 0.391. The first-order valence-electron chi connectivity index (χ1n) is 9.16. The average molecular weight is 356 g/mol. The molecule has 4 heteroatoms. The zero-order valence-corrected chi connectivity index (χ0v) is 15.7. The quantitative estimate of drug-likeness (QED) is 0.791. The van der Waals surface area contributed by atoms with Crippen molar-refractivity contribution in [2.75, 3.05) is 10.8 Å². The minimum Gasteiger partial charge on any atom is -0.265 e. The van der Waals surface area contributed by atoms with E-state index in [9.17, 15) is 8.42 Å². The molecule has 2 aromatic carbocycles. The number of rotatable bonds is 3.